The number of benzene rings is 2. The number of likely N-dealkylation sites (N-methyl/N-ethyl adjacent to an activating group) is 1. The van der Waals surface area contributed by atoms with E-state index in [-0.39, 0.29) is 41.3 Å². The number of phenols is 1. The fourth-order valence-electron chi connectivity index (χ4n) is 9.20. The van der Waals surface area contributed by atoms with Crippen LogP contribution in [0.15, 0.2) is 73.1 Å². The van der Waals surface area contributed by atoms with Crippen molar-refractivity contribution in [1.82, 2.24) is 40.0 Å². The number of hydrogen-bond acceptors (Lipinski definition) is 11. The lowest BCUT2D eigenvalue weighted by atomic mass is 9.86. The van der Waals surface area contributed by atoms with Gasteiger partial charge < -0.3 is 24.5 Å². The predicted octanol–water partition coefficient (Wildman–Crippen LogP) is 3.85. The van der Waals surface area contributed by atoms with Crippen molar-refractivity contribution < 1.29 is 29.0 Å². The number of aromatic nitrogens is 4. The molecule has 0 saturated carbocycles. The Bertz CT molecular complexity index is 2150. The Labute approximate surface area is 344 Å². The number of para-hydroxylation sites is 1. The minimum absolute atomic E-state index is 0.0311. The first-order valence-corrected chi connectivity index (χ1v) is 20.8. The number of carbonyl (C=O) groups is 4. The number of rotatable bonds is 10. The number of ether oxygens (including phenoxy) is 1. The number of nitrogens with zero attached hydrogens (tertiary/aromatic N) is 8. The normalized spacial score (nSPS) is 20.6. The van der Waals surface area contributed by atoms with Crippen LogP contribution < -0.4 is 15.0 Å². The van der Waals surface area contributed by atoms with Gasteiger partial charge in [0.2, 0.25) is 23.6 Å². The van der Waals surface area contributed by atoms with E-state index in [9.17, 15) is 24.3 Å². The average molecular weight is 804 g/mol. The van der Waals surface area contributed by atoms with E-state index in [4.69, 9.17) is 4.74 Å². The molecule has 310 valence electrons. The lowest BCUT2D eigenvalue weighted by molar-refractivity contribution is -0.152. The van der Waals surface area contributed by atoms with Crippen LogP contribution >= 0.6 is 0 Å². The summed E-state index contributed by atoms with van der Waals surface area (Å²) in [5.41, 5.74) is 3.10. The molecule has 2 aromatic heterocycles. The molecular formula is C44H53N9O6. The molecule has 0 aliphatic carbocycles. The molecule has 2 aromatic carbocycles. The summed E-state index contributed by atoms with van der Waals surface area (Å²) in [5.74, 6) is 0.284. The van der Waals surface area contributed by atoms with Crippen LogP contribution in [0.4, 0.5) is 5.69 Å². The summed E-state index contributed by atoms with van der Waals surface area (Å²) >= 11 is 0. The number of phenolic OH excluding ortho intramolecular Hbond substituents is 1. The standard InChI is InChI=1S/C44H53N9O6/c1-49-20-17-40(48-49)59-44(18-25-52(26-19-44)34-27-37(47-45-28-34)36-5-3-4-6-38(36)54)43(58)50(2)33-15-23-53(24-16-33)41(56)29-51-21-13-31(14-22-51)30-7-9-32(10-8-30)35-11-12-39(55)46-42(35)57/h3-10,17,20,27-28,31,33,35,54H,11-16,18-19,21-26,29H2,1-2H3,(H,46,55,57). The summed E-state index contributed by atoms with van der Waals surface area (Å²) in [4.78, 5) is 60.2. The topological polar surface area (TPSA) is 166 Å². The van der Waals surface area contributed by atoms with E-state index in [1.165, 1.54) is 5.56 Å². The molecule has 1 unspecified atom stereocenters. The van der Waals surface area contributed by atoms with E-state index in [0.717, 1.165) is 37.2 Å². The van der Waals surface area contributed by atoms with Crippen LogP contribution in [-0.2, 0) is 26.2 Å². The van der Waals surface area contributed by atoms with Gasteiger partial charge in [-0.05, 0) is 80.4 Å². The van der Waals surface area contributed by atoms with Gasteiger partial charge in [0.25, 0.3) is 5.91 Å². The first-order chi connectivity index (χ1) is 28.5. The van der Waals surface area contributed by atoms with Crippen molar-refractivity contribution in [2.24, 2.45) is 7.05 Å². The maximum absolute atomic E-state index is 14.6. The Morgan fingerprint density at radius 2 is 1.63 bits per heavy atom. The van der Waals surface area contributed by atoms with Crippen molar-refractivity contribution in [3.63, 3.8) is 0 Å². The maximum atomic E-state index is 14.6. The number of aromatic hydroxyl groups is 1. The van der Waals surface area contributed by atoms with E-state index < -0.39 is 5.60 Å². The second kappa shape index (κ2) is 17.2. The highest BCUT2D eigenvalue weighted by Gasteiger charge is 2.47. The summed E-state index contributed by atoms with van der Waals surface area (Å²) in [6, 6.07) is 19.0. The van der Waals surface area contributed by atoms with Gasteiger partial charge in [0.15, 0.2) is 5.60 Å². The highest BCUT2D eigenvalue weighted by Crippen LogP contribution is 2.36. The molecular weight excluding hydrogens is 751 g/mol. The summed E-state index contributed by atoms with van der Waals surface area (Å²) in [7, 11) is 3.68. The Kier molecular flexibility index (Phi) is 11.6. The molecule has 4 aliphatic heterocycles. The predicted molar refractivity (Wildman–Crippen MR) is 220 cm³/mol. The fraction of sp³-hybridized carbons (Fsp3) is 0.477. The van der Waals surface area contributed by atoms with Crippen molar-refractivity contribution >= 4 is 29.3 Å². The molecule has 1 atom stereocenters. The third-order valence-corrected chi connectivity index (χ3v) is 12.8. The van der Waals surface area contributed by atoms with Crippen molar-refractivity contribution in [1.29, 1.82) is 0 Å². The van der Waals surface area contributed by atoms with Gasteiger partial charge in [-0.2, -0.15) is 10.2 Å². The molecule has 15 nitrogen and oxygen atoms in total. The number of aryl methyl sites for hydroxylation is 1. The van der Waals surface area contributed by atoms with Crippen LogP contribution in [0.1, 0.15) is 74.3 Å². The first kappa shape index (κ1) is 40.0. The van der Waals surface area contributed by atoms with Crippen molar-refractivity contribution in [2.45, 2.75) is 74.8 Å². The Morgan fingerprint density at radius 3 is 2.31 bits per heavy atom. The van der Waals surface area contributed by atoms with E-state index in [1.807, 2.05) is 48.2 Å². The number of anilines is 1. The molecule has 2 N–H and O–H groups in total. The first-order valence-electron chi connectivity index (χ1n) is 20.8. The quantitative estimate of drug-likeness (QED) is 0.224. The van der Waals surface area contributed by atoms with Crippen molar-refractivity contribution in [3.05, 3.63) is 84.2 Å². The van der Waals surface area contributed by atoms with Crippen molar-refractivity contribution in [3.8, 4) is 22.9 Å². The number of likely N-dealkylation sites (tertiary alicyclic amines) is 2. The summed E-state index contributed by atoms with van der Waals surface area (Å²) in [6.07, 6.45) is 8.57. The fourth-order valence-corrected chi connectivity index (χ4v) is 9.20. The smallest absolute Gasteiger partial charge is 0.266 e. The number of hydrogen-bond donors (Lipinski definition) is 2. The van der Waals surface area contributed by atoms with Crippen LogP contribution in [0.2, 0.25) is 0 Å². The Hall–Kier alpha value is -5.83. The second-order valence-electron chi connectivity index (χ2n) is 16.5. The zero-order chi connectivity index (χ0) is 41.1. The average Bonchev–Trinajstić information content (AvgIpc) is 3.67. The van der Waals surface area contributed by atoms with Gasteiger partial charge in [-0.3, -0.25) is 34.1 Å². The van der Waals surface area contributed by atoms with Gasteiger partial charge >= 0.3 is 0 Å². The van der Waals surface area contributed by atoms with E-state index in [1.54, 1.807) is 41.3 Å². The SMILES string of the molecule is CN(C(=O)C1(Oc2ccn(C)n2)CCN(c2cnnc(-c3ccccc3O)c2)CC1)C1CCN(C(=O)CN2CCC(c3ccc(C4CCC(=O)NC4=O)cc3)CC2)CC1. The molecule has 8 rings (SSSR count). The highest BCUT2D eigenvalue weighted by molar-refractivity contribution is 6.01. The number of piperidine rings is 4. The molecule has 4 amide bonds. The van der Waals surface area contributed by atoms with Crippen LogP contribution in [0.25, 0.3) is 11.3 Å². The van der Waals surface area contributed by atoms with Gasteiger partial charge in [0.05, 0.1) is 30.0 Å². The Morgan fingerprint density at radius 1 is 0.915 bits per heavy atom. The molecule has 4 aromatic rings. The van der Waals surface area contributed by atoms with Crippen LogP contribution in [-0.4, -0.2) is 128 Å². The molecule has 15 heteroatoms. The summed E-state index contributed by atoms with van der Waals surface area (Å²) in [5, 5.41) is 25.8. The molecule has 4 fully saturated rings. The van der Waals surface area contributed by atoms with E-state index in [2.05, 4.69) is 42.5 Å². The lowest BCUT2D eigenvalue weighted by Crippen LogP contribution is -2.60. The number of carbonyl (C=O) groups excluding carboxylic acids is 4. The zero-order valence-corrected chi connectivity index (χ0v) is 33.8. The van der Waals surface area contributed by atoms with Gasteiger partial charge in [0.1, 0.15) is 5.75 Å². The van der Waals surface area contributed by atoms with Gasteiger partial charge in [-0.1, -0.05) is 36.4 Å². The minimum atomic E-state index is -1.12. The number of amides is 4. The number of imide groups is 1. The zero-order valence-electron chi connectivity index (χ0n) is 33.8. The lowest BCUT2D eigenvalue weighted by Gasteiger charge is -2.45. The Balaban J connectivity index is 0.835. The van der Waals surface area contributed by atoms with Crippen LogP contribution in [0, 0.1) is 0 Å². The monoisotopic (exact) mass is 803 g/mol. The molecule has 4 aliphatic rings. The van der Waals surface area contributed by atoms with Gasteiger partial charge in [0, 0.05) is 83.4 Å². The highest BCUT2D eigenvalue weighted by atomic mass is 16.5. The van der Waals surface area contributed by atoms with E-state index >= 15 is 0 Å². The maximum Gasteiger partial charge on any atom is 0.266 e. The molecule has 0 radical (unpaired) electrons. The minimum Gasteiger partial charge on any atom is -0.507 e. The van der Waals surface area contributed by atoms with E-state index in [0.29, 0.717) is 94.3 Å². The number of nitrogens with one attached hydrogen (secondary N) is 1. The largest absolute Gasteiger partial charge is 0.507 e. The second-order valence-corrected chi connectivity index (χ2v) is 16.5. The third kappa shape index (κ3) is 8.80. The summed E-state index contributed by atoms with van der Waals surface area (Å²) < 4.78 is 8.20. The molecule has 4 saturated heterocycles. The van der Waals surface area contributed by atoms with Gasteiger partial charge in [-0.15, -0.1) is 5.10 Å². The molecule has 59 heavy (non-hydrogen) atoms. The third-order valence-electron chi connectivity index (χ3n) is 12.8. The molecule has 0 bridgehead atoms. The molecule has 0 spiro atoms. The van der Waals surface area contributed by atoms with Gasteiger partial charge in [-0.25, -0.2) is 0 Å². The van der Waals surface area contributed by atoms with Crippen LogP contribution in [0.5, 0.6) is 11.6 Å². The molecule has 6 heterocycles. The summed E-state index contributed by atoms with van der Waals surface area (Å²) in [6.45, 7) is 4.33. The van der Waals surface area contributed by atoms with Crippen LogP contribution in [0.3, 0.4) is 0 Å². The van der Waals surface area contributed by atoms with Crippen molar-refractivity contribution in [2.75, 3.05) is 57.8 Å².